The lowest BCUT2D eigenvalue weighted by Crippen LogP contribution is -2.31. The van der Waals surface area contributed by atoms with Crippen LogP contribution in [0.1, 0.15) is 12.1 Å². The number of rotatable bonds is 3. The van der Waals surface area contributed by atoms with Crippen molar-refractivity contribution in [2.45, 2.75) is 12.5 Å². The van der Waals surface area contributed by atoms with E-state index in [1.165, 1.54) is 0 Å². The summed E-state index contributed by atoms with van der Waals surface area (Å²) in [5, 5.41) is 3.37. The fourth-order valence-corrected chi connectivity index (χ4v) is 2.23. The highest BCUT2D eigenvalue weighted by atomic mass is 16.5. The van der Waals surface area contributed by atoms with Gasteiger partial charge in [-0.25, -0.2) is 9.98 Å². The molecule has 98 valence electrons. The van der Waals surface area contributed by atoms with E-state index in [2.05, 4.69) is 21.4 Å². The van der Waals surface area contributed by atoms with Crippen LogP contribution in [0.25, 0.3) is 0 Å². The zero-order valence-electron chi connectivity index (χ0n) is 10.9. The van der Waals surface area contributed by atoms with Gasteiger partial charge in [0.15, 0.2) is 5.84 Å². The zero-order valence-corrected chi connectivity index (χ0v) is 10.9. The van der Waals surface area contributed by atoms with Gasteiger partial charge in [0.1, 0.15) is 17.2 Å². The van der Waals surface area contributed by atoms with E-state index in [0.717, 1.165) is 29.4 Å². The number of hydrogen-bond acceptors (Lipinski definition) is 5. The number of allylic oxidation sites excluding steroid dienone is 1. The van der Waals surface area contributed by atoms with Gasteiger partial charge in [-0.05, 0) is 24.6 Å². The first-order valence-corrected chi connectivity index (χ1v) is 6.12. The first-order valence-electron chi connectivity index (χ1n) is 6.12. The van der Waals surface area contributed by atoms with Crippen LogP contribution in [0, 0.1) is 0 Å². The Morgan fingerprint density at radius 2 is 2.21 bits per heavy atom. The molecule has 1 aliphatic carbocycles. The molecule has 5 heteroatoms. The van der Waals surface area contributed by atoms with Crippen molar-refractivity contribution in [2.24, 2.45) is 4.99 Å². The molecule has 1 N–H and O–H groups in total. The van der Waals surface area contributed by atoms with Gasteiger partial charge in [-0.3, -0.25) is 0 Å². The Bertz CT molecular complexity index is 590. The maximum atomic E-state index is 5.31. The number of amidine groups is 1. The highest BCUT2D eigenvalue weighted by molar-refractivity contribution is 6.02. The Morgan fingerprint density at radius 1 is 1.32 bits per heavy atom. The summed E-state index contributed by atoms with van der Waals surface area (Å²) in [4.78, 5) is 8.93. The fourth-order valence-electron chi connectivity index (χ4n) is 2.23. The van der Waals surface area contributed by atoms with Crippen LogP contribution in [0.5, 0.6) is 5.75 Å². The molecule has 3 rings (SSSR count). The Labute approximate surface area is 111 Å². The average molecular weight is 257 g/mol. The summed E-state index contributed by atoms with van der Waals surface area (Å²) in [6.45, 7) is 0. The van der Waals surface area contributed by atoms with Crippen molar-refractivity contribution in [3.8, 4) is 5.75 Å². The van der Waals surface area contributed by atoms with E-state index in [0.29, 0.717) is 5.75 Å². The van der Waals surface area contributed by atoms with Crippen LogP contribution in [0.3, 0.4) is 0 Å². The molecule has 0 saturated heterocycles. The second-order valence-corrected chi connectivity index (χ2v) is 4.33. The molecular weight excluding hydrogens is 242 g/mol. The molecule has 1 aromatic heterocycles. The van der Waals surface area contributed by atoms with E-state index >= 15 is 0 Å². The predicted molar refractivity (Wildman–Crippen MR) is 72.0 cm³/mol. The summed E-state index contributed by atoms with van der Waals surface area (Å²) in [5.41, 5.74) is 1.71. The Hall–Kier alpha value is -2.30. The molecule has 19 heavy (non-hydrogen) atoms. The van der Waals surface area contributed by atoms with Crippen molar-refractivity contribution >= 4 is 5.84 Å². The molecule has 0 aromatic carbocycles. The summed E-state index contributed by atoms with van der Waals surface area (Å²) in [6.07, 6.45) is 6.59. The molecule has 0 amide bonds. The van der Waals surface area contributed by atoms with Gasteiger partial charge in [0.05, 0.1) is 26.0 Å². The average Bonchev–Trinajstić information content (AvgIpc) is 2.89. The minimum absolute atomic E-state index is 0.195. The third-order valence-corrected chi connectivity index (χ3v) is 3.20. The normalized spacial score (nSPS) is 20.7. The van der Waals surface area contributed by atoms with Gasteiger partial charge in [-0.2, -0.15) is 0 Å². The van der Waals surface area contributed by atoms with Crippen LogP contribution >= 0.6 is 0 Å². The lowest BCUT2D eigenvalue weighted by Gasteiger charge is -2.16. The van der Waals surface area contributed by atoms with Gasteiger partial charge >= 0.3 is 0 Å². The molecule has 2 aliphatic rings. The second-order valence-electron chi connectivity index (χ2n) is 4.33. The van der Waals surface area contributed by atoms with Crippen molar-refractivity contribution in [1.82, 2.24) is 10.3 Å². The summed E-state index contributed by atoms with van der Waals surface area (Å²) in [6, 6.07) is 3.91. The van der Waals surface area contributed by atoms with Crippen LogP contribution in [-0.4, -0.2) is 31.1 Å². The maximum absolute atomic E-state index is 5.31. The van der Waals surface area contributed by atoms with Crippen LogP contribution in [0.4, 0.5) is 0 Å². The topological polar surface area (TPSA) is 55.7 Å². The van der Waals surface area contributed by atoms with Crippen molar-refractivity contribution in [1.29, 1.82) is 0 Å². The molecule has 1 atom stereocenters. The van der Waals surface area contributed by atoms with Gasteiger partial charge in [0.25, 0.3) is 0 Å². The van der Waals surface area contributed by atoms with E-state index < -0.39 is 0 Å². The van der Waals surface area contributed by atoms with Crippen molar-refractivity contribution in [3.63, 3.8) is 0 Å². The number of methoxy groups -OCH3 is 2. The molecule has 1 unspecified atom stereocenters. The Balaban J connectivity index is 1.94. The minimum atomic E-state index is 0.195. The predicted octanol–water partition coefficient (Wildman–Crippen LogP) is 1.63. The fraction of sp³-hybridized carbons (Fsp3) is 0.286. The summed E-state index contributed by atoms with van der Waals surface area (Å²) < 4.78 is 10.5. The lowest BCUT2D eigenvalue weighted by atomic mass is 10.1. The maximum Gasteiger partial charge on any atom is 0.156 e. The van der Waals surface area contributed by atoms with E-state index in [4.69, 9.17) is 9.47 Å². The van der Waals surface area contributed by atoms with Crippen molar-refractivity contribution in [3.05, 3.63) is 47.6 Å². The molecule has 5 nitrogen and oxygen atoms in total. The third kappa shape index (κ3) is 2.07. The molecule has 0 saturated carbocycles. The molecule has 0 fully saturated rings. The van der Waals surface area contributed by atoms with E-state index in [-0.39, 0.29) is 6.04 Å². The van der Waals surface area contributed by atoms with Crippen LogP contribution in [0.2, 0.25) is 0 Å². The number of aliphatic imine (C=N–C) groups is 1. The van der Waals surface area contributed by atoms with Gasteiger partial charge in [0, 0.05) is 12.3 Å². The number of nitrogens with zero attached hydrogens (tertiary/aromatic N) is 2. The lowest BCUT2D eigenvalue weighted by molar-refractivity contribution is 0.301. The number of aromatic nitrogens is 1. The van der Waals surface area contributed by atoms with Gasteiger partial charge < -0.3 is 14.8 Å². The SMILES string of the molecule is COC1=CCC2NC(c3ncccc3OC)=NC2=C1. The molecular formula is C14H15N3O2. The summed E-state index contributed by atoms with van der Waals surface area (Å²) in [7, 11) is 3.30. The second kappa shape index (κ2) is 4.76. The van der Waals surface area contributed by atoms with Gasteiger partial charge in [0.2, 0.25) is 0 Å². The van der Waals surface area contributed by atoms with Crippen molar-refractivity contribution in [2.75, 3.05) is 14.2 Å². The van der Waals surface area contributed by atoms with Crippen LogP contribution in [-0.2, 0) is 4.74 Å². The number of fused-ring (bicyclic) bond motifs is 1. The van der Waals surface area contributed by atoms with E-state index in [1.807, 2.05) is 18.2 Å². The Kier molecular flexibility index (Phi) is 2.95. The standard InChI is InChI=1S/C14H15N3O2/c1-18-9-5-6-10-11(8-9)17-14(16-10)13-12(19-2)4-3-7-15-13/h3-5,7-8,10H,6H2,1-2H3,(H,16,17). The molecule has 0 bridgehead atoms. The molecule has 1 aromatic rings. The molecule has 0 radical (unpaired) electrons. The van der Waals surface area contributed by atoms with E-state index in [1.54, 1.807) is 20.4 Å². The number of pyridine rings is 1. The highest BCUT2D eigenvalue weighted by Gasteiger charge is 2.27. The minimum Gasteiger partial charge on any atom is -0.497 e. The van der Waals surface area contributed by atoms with Gasteiger partial charge in [-0.15, -0.1) is 0 Å². The first kappa shape index (κ1) is 11.8. The van der Waals surface area contributed by atoms with Crippen molar-refractivity contribution < 1.29 is 9.47 Å². The molecule has 1 aliphatic heterocycles. The summed E-state index contributed by atoms with van der Waals surface area (Å²) in [5.74, 6) is 2.32. The zero-order chi connectivity index (χ0) is 13.2. The van der Waals surface area contributed by atoms with Gasteiger partial charge in [-0.1, -0.05) is 0 Å². The van der Waals surface area contributed by atoms with Crippen LogP contribution in [0.15, 0.2) is 46.9 Å². The molecule has 2 heterocycles. The smallest absolute Gasteiger partial charge is 0.156 e. The van der Waals surface area contributed by atoms with E-state index in [9.17, 15) is 0 Å². The van der Waals surface area contributed by atoms with Crippen LogP contribution < -0.4 is 10.1 Å². The first-order chi connectivity index (χ1) is 9.31. The highest BCUT2D eigenvalue weighted by Crippen LogP contribution is 2.26. The quantitative estimate of drug-likeness (QED) is 0.894. The third-order valence-electron chi connectivity index (χ3n) is 3.20. The largest absolute Gasteiger partial charge is 0.497 e. The number of hydrogen-bond donors (Lipinski definition) is 1. The molecule has 0 spiro atoms. The number of nitrogens with one attached hydrogen (secondary N) is 1. The summed E-state index contributed by atoms with van der Waals surface area (Å²) >= 11 is 0. The Morgan fingerprint density at radius 3 is 3.00 bits per heavy atom. The monoisotopic (exact) mass is 257 g/mol. The number of ether oxygens (including phenoxy) is 2.